The van der Waals surface area contributed by atoms with Crippen molar-refractivity contribution in [3.05, 3.63) is 66.0 Å². The Morgan fingerprint density at radius 1 is 1.05 bits per heavy atom. The van der Waals surface area contributed by atoms with Crippen molar-refractivity contribution in [3.63, 3.8) is 0 Å². The average Bonchev–Trinajstić information content (AvgIpc) is 3.82. The van der Waals surface area contributed by atoms with Gasteiger partial charge in [0.05, 0.1) is 17.0 Å². The van der Waals surface area contributed by atoms with Gasteiger partial charge in [-0.15, -0.1) is 0 Å². The number of hydrogen-bond donors (Lipinski definition) is 2. The van der Waals surface area contributed by atoms with Gasteiger partial charge in [0.15, 0.2) is 0 Å². The molecule has 12 heteroatoms. The van der Waals surface area contributed by atoms with Crippen molar-refractivity contribution in [2.75, 3.05) is 10.0 Å². The molecule has 2 unspecified atom stereocenters. The summed E-state index contributed by atoms with van der Waals surface area (Å²) in [5.74, 6) is 1.64. The summed E-state index contributed by atoms with van der Waals surface area (Å²) in [6, 6.07) is 8.77. The van der Waals surface area contributed by atoms with Gasteiger partial charge >= 0.3 is 0 Å². The fraction of sp³-hybridized carbons (Fsp3) is 0.346. The van der Waals surface area contributed by atoms with Gasteiger partial charge in [-0.2, -0.15) is 5.10 Å². The monoisotopic (exact) mass is 549 g/mol. The summed E-state index contributed by atoms with van der Waals surface area (Å²) in [5.41, 5.74) is 1.64. The van der Waals surface area contributed by atoms with E-state index in [-0.39, 0.29) is 17.0 Å². The largest absolute Gasteiger partial charge is 0.310 e. The Hall–Kier alpha value is -3.57. The second-order valence-corrected chi connectivity index (χ2v) is 12.9. The number of anilines is 2. The average molecular weight is 550 g/mol. The number of halogens is 1. The molecule has 0 aliphatic heterocycles. The van der Waals surface area contributed by atoms with E-state index in [4.69, 9.17) is 11.6 Å². The van der Waals surface area contributed by atoms with Crippen LogP contribution in [0.5, 0.6) is 0 Å². The predicted molar refractivity (Wildman–Crippen MR) is 142 cm³/mol. The molecule has 194 valence electrons. The lowest BCUT2D eigenvalue weighted by molar-refractivity contribution is -0.122. The minimum absolute atomic E-state index is 0.200. The number of carbonyl (C=O) groups is 1. The van der Waals surface area contributed by atoms with Crippen LogP contribution in [0.2, 0.25) is 5.02 Å². The predicted octanol–water partition coefficient (Wildman–Crippen LogP) is 4.05. The molecular formula is C26H24ClN7O3S. The van der Waals surface area contributed by atoms with Crippen LogP contribution in [-0.4, -0.2) is 44.1 Å². The molecule has 0 spiro atoms. The number of hydrogen-bond acceptors (Lipinski definition) is 7. The van der Waals surface area contributed by atoms with Gasteiger partial charge in [-0.25, -0.2) is 27.9 Å². The summed E-state index contributed by atoms with van der Waals surface area (Å²) in [7, 11) is -3.47. The number of carbonyl (C=O) groups excluding carboxylic acids is 1. The van der Waals surface area contributed by atoms with E-state index in [9.17, 15) is 13.2 Å². The number of aromatic nitrogens is 5. The van der Waals surface area contributed by atoms with Crippen LogP contribution in [0.1, 0.15) is 37.9 Å². The Morgan fingerprint density at radius 2 is 1.87 bits per heavy atom. The van der Waals surface area contributed by atoms with Gasteiger partial charge in [0.2, 0.25) is 15.9 Å². The number of pyridine rings is 2. The van der Waals surface area contributed by atoms with Crippen molar-refractivity contribution in [1.29, 1.82) is 0 Å². The topological polar surface area (TPSA) is 131 Å². The summed E-state index contributed by atoms with van der Waals surface area (Å²) >= 11 is 6.17. The fourth-order valence-corrected chi connectivity index (χ4v) is 7.04. The molecular weight excluding hydrogens is 526 g/mol. The van der Waals surface area contributed by atoms with Crippen molar-refractivity contribution in [2.24, 2.45) is 11.8 Å². The molecule has 2 atom stereocenters. The highest BCUT2D eigenvalue weighted by atomic mass is 35.5. The van der Waals surface area contributed by atoms with Gasteiger partial charge in [-0.05, 0) is 74.3 Å². The van der Waals surface area contributed by atoms with E-state index in [1.54, 1.807) is 35.2 Å². The highest BCUT2D eigenvalue weighted by Crippen LogP contribution is 2.60. The van der Waals surface area contributed by atoms with E-state index in [0.717, 1.165) is 23.1 Å². The molecule has 3 fully saturated rings. The molecule has 3 saturated carbocycles. The third-order valence-corrected chi connectivity index (χ3v) is 9.90. The van der Waals surface area contributed by atoms with Crippen LogP contribution in [0.25, 0.3) is 16.6 Å². The van der Waals surface area contributed by atoms with Crippen molar-refractivity contribution >= 4 is 44.7 Å². The number of fused-ring (bicyclic) bond motifs is 2. The molecule has 0 aromatic carbocycles. The van der Waals surface area contributed by atoms with Gasteiger partial charge in [0.1, 0.15) is 22.9 Å². The third kappa shape index (κ3) is 4.10. The third-order valence-electron chi connectivity index (χ3n) is 7.82. The Bertz CT molecular complexity index is 1670. The SMILES string of the molecule is O=C(Nc1ccc(-c2cnn3ccc(Cl)cc23)cn1)C1(c2nccc(NS(=O)(=O)C3CC3)n2)CC2CC2C1. The van der Waals surface area contributed by atoms with E-state index in [0.29, 0.717) is 54.2 Å². The number of nitrogens with one attached hydrogen (secondary N) is 2. The molecule has 4 aromatic rings. The normalized spacial score (nSPS) is 24.2. The number of sulfonamides is 1. The minimum atomic E-state index is -3.47. The molecule has 4 aromatic heterocycles. The maximum Gasteiger partial charge on any atom is 0.239 e. The summed E-state index contributed by atoms with van der Waals surface area (Å²) in [5, 5.41) is 7.57. The van der Waals surface area contributed by atoms with Gasteiger partial charge in [-0.1, -0.05) is 11.6 Å². The lowest BCUT2D eigenvalue weighted by Crippen LogP contribution is -2.41. The molecule has 7 rings (SSSR count). The first-order valence-corrected chi connectivity index (χ1v) is 14.5. The molecule has 10 nitrogen and oxygen atoms in total. The first kappa shape index (κ1) is 23.5. The number of nitrogens with zero attached hydrogens (tertiary/aromatic N) is 5. The number of amides is 1. The van der Waals surface area contributed by atoms with Crippen molar-refractivity contribution in [3.8, 4) is 11.1 Å². The lowest BCUT2D eigenvalue weighted by atomic mass is 9.80. The molecule has 3 aliphatic carbocycles. The minimum Gasteiger partial charge on any atom is -0.310 e. The van der Waals surface area contributed by atoms with E-state index < -0.39 is 15.4 Å². The van der Waals surface area contributed by atoms with E-state index in [1.165, 1.54) is 12.3 Å². The molecule has 0 radical (unpaired) electrons. The Balaban J connectivity index is 1.15. The lowest BCUT2D eigenvalue weighted by Gasteiger charge is -2.28. The standard InChI is InChI=1S/C26H24ClN7O3S/c27-18-6-8-34-21(10-18)20(14-30-34)15-1-4-22(29-13-15)32-25(35)26(11-16-9-17(16)12-26)24-28-7-5-23(31-24)33-38(36,37)19-2-3-19/h1,4-8,10,13-14,16-17,19H,2-3,9,11-12H2,(H,28,31,33)(H,29,32,35). The zero-order valence-corrected chi connectivity index (χ0v) is 21.8. The molecule has 4 heterocycles. The van der Waals surface area contributed by atoms with Crippen LogP contribution >= 0.6 is 11.6 Å². The molecule has 1 amide bonds. The van der Waals surface area contributed by atoms with Crippen molar-refractivity contribution in [2.45, 2.75) is 42.8 Å². The molecule has 0 bridgehead atoms. The quantitative estimate of drug-likeness (QED) is 0.355. The Kier molecular flexibility index (Phi) is 5.25. The second kappa shape index (κ2) is 8.47. The molecule has 3 aliphatic rings. The highest BCUT2D eigenvalue weighted by Gasteiger charge is 2.59. The maximum atomic E-state index is 13.7. The molecule has 2 N–H and O–H groups in total. The number of rotatable bonds is 7. The van der Waals surface area contributed by atoms with Gasteiger partial charge < -0.3 is 5.32 Å². The van der Waals surface area contributed by atoms with Crippen LogP contribution in [0.3, 0.4) is 0 Å². The summed E-state index contributed by atoms with van der Waals surface area (Å²) in [6.45, 7) is 0. The fourth-order valence-electron chi connectivity index (χ4n) is 5.55. The summed E-state index contributed by atoms with van der Waals surface area (Å²) < 4.78 is 29.2. The van der Waals surface area contributed by atoms with E-state index in [1.807, 2.05) is 12.1 Å². The van der Waals surface area contributed by atoms with E-state index in [2.05, 4.69) is 30.1 Å². The van der Waals surface area contributed by atoms with Crippen molar-refractivity contribution in [1.82, 2.24) is 24.6 Å². The van der Waals surface area contributed by atoms with Crippen LogP contribution in [0.4, 0.5) is 11.6 Å². The van der Waals surface area contributed by atoms with Crippen molar-refractivity contribution < 1.29 is 13.2 Å². The van der Waals surface area contributed by atoms with E-state index >= 15 is 0 Å². The first-order chi connectivity index (χ1) is 18.3. The Morgan fingerprint density at radius 3 is 2.61 bits per heavy atom. The van der Waals surface area contributed by atoms with Crippen LogP contribution < -0.4 is 10.0 Å². The molecule has 38 heavy (non-hydrogen) atoms. The van der Waals surface area contributed by atoms with Gasteiger partial charge in [-0.3, -0.25) is 9.52 Å². The highest BCUT2D eigenvalue weighted by molar-refractivity contribution is 7.93. The zero-order chi connectivity index (χ0) is 26.1. The maximum absolute atomic E-state index is 13.7. The van der Waals surface area contributed by atoms with Crippen LogP contribution in [0, 0.1) is 11.8 Å². The smallest absolute Gasteiger partial charge is 0.239 e. The van der Waals surface area contributed by atoms with Crippen LogP contribution in [-0.2, 0) is 20.2 Å². The van der Waals surface area contributed by atoms with Gasteiger partial charge in [0.25, 0.3) is 0 Å². The first-order valence-electron chi connectivity index (χ1n) is 12.6. The molecule has 0 saturated heterocycles. The second-order valence-electron chi connectivity index (χ2n) is 10.5. The summed E-state index contributed by atoms with van der Waals surface area (Å²) in [4.78, 5) is 27.2. The zero-order valence-electron chi connectivity index (χ0n) is 20.2. The Labute approximate surface area is 223 Å². The van der Waals surface area contributed by atoms with Crippen LogP contribution in [0.15, 0.2) is 55.1 Å². The van der Waals surface area contributed by atoms with Gasteiger partial charge in [0, 0.05) is 34.7 Å². The summed E-state index contributed by atoms with van der Waals surface area (Å²) in [6.07, 6.45) is 10.4.